The van der Waals surface area contributed by atoms with Crippen LogP contribution in [0.4, 0.5) is 0 Å². The fraction of sp³-hybridized carbons (Fsp3) is 0.500. The van der Waals surface area contributed by atoms with Gasteiger partial charge in [0.1, 0.15) is 0 Å². The van der Waals surface area contributed by atoms with Crippen LogP contribution in [0.15, 0.2) is 29.2 Å². The molecule has 3 rings (SSSR count). The normalized spacial score (nSPS) is 25.8. The van der Waals surface area contributed by atoms with Crippen molar-refractivity contribution in [1.29, 1.82) is 0 Å². The minimum atomic E-state index is -3.76. The Kier molecular flexibility index (Phi) is 3.94. The van der Waals surface area contributed by atoms with Crippen molar-refractivity contribution in [3.8, 4) is 0 Å². The van der Waals surface area contributed by atoms with E-state index in [1.807, 2.05) is 0 Å². The van der Waals surface area contributed by atoms with Crippen LogP contribution in [0, 0.1) is 5.92 Å². The Bertz CT molecular complexity index is 639. The molecule has 0 spiro atoms. The lowest BCUT2D eigenvalue weighted by molar-refractivity contribution is 0.0729. The van der Waals surface area contributed by atoms with Crippen molar-refractivity contribution in [2.45, 2.75) is 36.3 Å². The highest BCUT2D eigenvalue weighted by atomic mass is 35.7. The van der Waals surface area contributed by atoms with Crippen molar-refractivity contribution in [2.75, 3.05) is 6.61 Å². The molecule has 0 aromatic heterocycles. The summed E-state index contributed by atoms with van der Waals surface area (Å²) in [6.45, 7) is 0.676. The van der Waals surface area contributed by atoms with Crippen LogP contribution in [0.2, 0.25) is 0 Å². The maximum Gasteiger partial charge on any atom is 0.261 e. The molecule has 1 N–H and O–H groups in total. The summed E-state index contributed by atoms with van der Waals surface area (Å²) < 4.78 is 28.0. The topological polar surface area (TPSA) is 72.5 Å². The summed E-state index contributed by atoms with van der Waals surface area (Å²) in [6.07, 6.45) is 3.27. The summed E-state index contributed by atoms with van der Waals surface area (Å²) in [5.41, 5.74) is 0.417. The molecule has 1 aliphatic heterocycles. The average Bonchev–Trinajstić information content (AvgIpc) is 3.18. The zero-order chi connectivity index (χ0) is 15.0. The molecular weight excluding hydrogens is 314 g/mol. The van der Waals surface area contributed by atoms with Crippen LogP contribution in [0.3, 0.4) is 0 Å². The number of rotatable bonds is 4. The fourth-order valence-electron chi connectivity index (χ4n) is 2.68. The number of carbonyl (C=O) groups is 1. The molecule has 1 heterocycles. The minimum Gasteiger partial charge on any atom is -0.376 e. The van der Waals surface area contributed by atoms with Gasteiger partial charge in [-0.25, -0.2) is 8.42 Å². The number of amides is 1. The first-order valence-electron chi connectivity index (χ1n) is 6.92. The maximum atomic E-state index is 12.2. The summed E-state index contributed by atoms with van der Waals surface area (Å²) in [5.74, 6) is 0.358. The molecule has 1 amide bonds. The maximum absolute atomic E-state index is 12.2. The Balaban J connectivity index is 1.67. The number of nitrogens with one attached hydrogen (secondary N) is 1. The van der Waals surface area contributed by atoms with E-state index in [0.717, 1.165) is 6.42 Å². The van der Waals surface area contributed by atoms with Crippen LogP contribution >= 0.6 is 10.7 Å². The number of hydrogen-bond acceptors (Lipinski definition) is 4. The zero-order valence-electron chi connectivity index (χ0n) is 11.3. The molecule has 1 saturated heterocycles. The summed E-state index contributed by atoms with van der Waals surface area (Å²) in [4.78, 5) is 12.2. The second-order valence-corrected chi connectivity index (χ2v) is 8.07. The van der Waals surface area contributed by atoms with Gasteiger partial charge < -0.3 is 10.1 Å². The molecule has 1 aliphatic carbocycles. The van der Waals surface area contributed by atoms with Crippen molar-refractivity contribution < 1.29 is 17.9 Å². The second-order valence-electron chi connectivity index (χ2n) is 5.50. The molecule has 1 aromatic carbocycles. The monoisotopic (exact) mass is 329 g/mol. The summed E-state index contributed by atoms with van der Waals surface area (Å²) in [6, 6.07) is 5.64. The minimum absolute atomic E-state index is 0.0132. The van der Waals surface area contributed by atoms with Crippen LogP contribution in [0.5, 0.6) is 0 Å². The standard InChI is InChI=1S/C14H16ClNO4S/c15-21(18,19)11-5-3-10(4-6-11)14(17)16-12-7-8-20-13(12)9-1-2-9/h3-6,9,12-13H,1-2,7-8H2,(H,16,17). The molecule has 0 radical (unpaired) electrons. The number of hydrogen-bond donors (Lipinski definition) is 1. The Morgan fingerprint density at radius 1 is 1.19 bits per heavy atom. The second kappa shape index (κ2) is 5.59. The quantitative estimate of drug-likeness (QED) is 0.856. The molecule has 7 heteroatoms. The van der Waals surface area contributed by atoms with Crippen LogP contribution in [-0.4, -0.2) is 33.1 Å². The van der Waals surface area contributed by atoms with Crippen LogP contribution in [-0.2, 0) is 13.8 Å². The molecule has 114 valence electrons. The Morgan fingerprint density at radius 2 is 1.86 bits per heavy atom. The van der Waals surface area contributed by atoms with Gasteiger partial charge >= 0.3 is 0 Å². The number of ether oxygens (including phenoxy) is 1. The molecule has 2 fully saturated rings. The highest BCUT2D eigenvalue weighted by molar-refractivity contribution is 8.13. The van der Waals surface area contributed by atoms with Gasteiger partial charge in [-0.2, -0.15) is 0 Å². The van der Waals surface area contributed by atoms with E-state index in [4.69, 9.17) is 15.4 Å². The van der Waals surface area contributed by atoms with Gasteiger partial charge in [0.2, 0.25) is 0 Å². The van der Waals surface area contributed by atoms with Crippen molar-refractivity contribution in [2.24, 2.45) is 5.92 Å². The third kappa shape index (κ3) is 3.39. The van der Waals surface area contributed by atoms with Gasteiger partial charge in [0, 0.05) is 22.9 Å². The molecule has 1 saturated carbocycles. The lowest BCUT2D eigenvalue weighted by Crippen LogP contribution is -2.41. The highest BCUT2D eigenvalue weighted by Crippen LogP contribution is 2.38. The highest BCUT2D eigenvalue weighted by Gasteiger charge is 2.41. The van der Waals surface area contributed by atoms with E-state index < -0.39 is 9.05 Å². The molecule has 0 bridgehead atoms. The molecular formula is C14H16ClNO4S. The van der Waals surface area contributed by atoms with Crippen molar-refractivity contribution in [3.63, 3.8) is 0 Å². The Labute approximate surface area is 128 Å². The summed E-state index contributed by atoms with van der Waals surface area (Å²) >= 11 is 0. The van der Waals surface area contributed by atoms with Gasteiger partial charge in [-0.1, -0.05) is 0 Å². The van der Waals surface area contributed by atoms with E-state index in [2.05, 4.69) is 5.32 Å². The van der Waals surface area contributed by atoms with E-state index in [-0.39, 0.29) is 22.9 Å². The van der Waals surface area contributed by atoms with Crippen LogP contribution in [0.1, 0.15) is 29.6 Å². The lowest BCUT2D eigenvalue weighted by atomic mass is 10.1. The zero-order valence-corrected chi connectivity index (χ0v) is 12.9. The van der Waals surface area contributed by atoms with Crippen molar-refractivity contribution in [1.82, 2.24) is 5.32 Å². The van der Waals surface area contributed by atoms with E-state index in [1.165, 1.54) is 37.1 Å². The SMILES string of the molecule is O=C(NC1CCOC1C1CC1)c1ccc(S(=O)(=O)Cl)cc1. The van der Waals surface area contributed by atoms with Crippen LogP contribution < -0.4 is 5.32 Å². The van der Waals surface area contributed by atoms with Gasteiger partial charge in [0.15, 0.2) is 0 Å². The summed E-state index contributed by atoms with van der Waals surface area (Å²) in [5, 5.41) is 2.98. The Hall–Kier alpha value is -1.11. The van der Waals surface area contributed by atoms with Crippen molar-refractivity contribution in [3.05, 3.63) is 29.8 Å². The lowest BCUT2D eigenvalue weighted by Gasteiger charge is -2.19. The van der Waals surface area contributed by atoms with E-state index in [9.17, 15) is 13.2 Å². The molecule has 2 atom stereocenters. The number of halogens is 1. The van der Waals surface area contributed by atoms with Gasteiger partial charge in [0.25, 0.3) is 15.0 Å². The average molecular weight is 330 g/mol. The smallest absolute Gasteiger partial charge is 0.261 e. The first-order chi connectivity index (χ1) is 9.95. The van der Waals surface area contributed by atoms with Gasteiger partial charge in [-0.15, -0.1) is 0 Å². The van der Waals surface area contributed by atoms with E-state index in [0.29, 0.717) is 18.1 Å². The predicted molar refractivity (Wildman–Crippen MR) is 77.8 cm³/mol. The van der Waals surface area contributed by atoms with E-state index >= 15 is 0 Å². The van der Waals surface area contributed by atoms with Gasteiger partial charge in [-0.3, -0.25) is 4.79 Å². The van der Waals surface area contributed by atoms with Gasteiger partial charge in [0.05, 0.1) is 17.0 Å². The fourth-order valence-corrected chi connectivity index (χ4v) is 3.45. The molecule has 1 aromatic rings. The van der Waals surface area contributed by atoms with Crippen molar-refractivity contribution >= 4 is 25.6 Å². The molecule has 2 unspecified atom stereocenters. The van der Waals surface area contributed by atoms with Gasteiger partial charge in [-0.05, 0) is 49.4 Å². The molecule has 21 heavy (non-hydrogen) atoms. The van der Waals surface area contributed by atoms with E-state index in [1.54, 1.807) is 0 Å². The Morgan fingerprint density at radius 3 is 2.43 bits per heavy atom. The first kappa shape index (κ1) is 14.8. The third-order valence-corrected chi connectivity index (χ3v) is 5.31. The third-order valence-electron chi connectivity index (χ3n) is 3.94. The first-order valence-corrected chi connectivity index (χ1v) is 9.23. The van der Waals surface area contributed by atoms with Crippen LogP contribution in [0.25, 0.3) is 0 Å². The molecule has 2 aliphatic rings. The predicted octanol–water partition coefficient (Wildman–Crippen LogP) is 1.91. The number of carbonyl (C=O) groups excluding carboxylic acids is 1. The molecule has 5 nitrogen and oxygen atoms in total. The number of benzene rings is 1. The largest absolute Gasteiger partial charge is 0.376 e. The summed E-state index contributed by atoms with van der Waals surface area (Å²) in [7, 11) is 1.49.